The number of rotatable bonds is 3. The molecular formula is C14H24N4O. The number of nitrogen functional groups attached to an aromatic ring is 1. The largest absolute Gasteiger partial charge is 0.396 e. The lowest BCUT2D eigenvalue weighted by atomic mass is 9.92. The predicted molar refractivity (Wildman–Crippen MR) is 75.7 cm³/mol. The van der Waals surface area contributed by atoms with E-state index in [0.29, 0.717) is 17.1 Å². The quantitative estimate of drug-likeness (QED) is 0.874. The highest BCUT2D eigenvalue weighted by molar-refractivity contribution is 5.76. The van der Waals surface area contributed by atoms with E-state index in [-0.39, 0.29) is 12.5 Å². The topological polar surface area (TPSA) is 72.9 Å². The Kier molecular flexibility index (Phi) is 3.56. The lowest BCUT2D eigenvalue weighted by Gasteiger charge is -2.18. The lowest BCUT2D eigenvalue weighted by Crippen LogP contribution is -2.36. The number of anilines is 1. The van der Waals surface area contributed by atoms with Crippen molar-refractivity contribution in [2.75, 3.05) is 5.73 Å². The Morgan fingerprint density at radius 1 is 1.53 bits per heavy atom. The van der Waals surface area contributed by atoms with Crippen molar-refractivity contribution in [2.24, 2.45) is 5.41 Å². The molecule has 1 aliphatic rings. The number of aromatic nitrogens is 2. The third-order valence-corrected chi connectivity index (χ3v) is 4.06. The van der Waals surface area contributed by atoms with Crippen LogP contribution in [-0.2, 0) is 11.3 Å². The molecule has 3 N–H and O–H groups in total. The van der Waals surface area contributed by atoms with E-state index >= 15 is 0 Å². The van der Waals surface area contributed by atoms with Crippen molar-refractivity contribution in [3.63, 3.8) is 0 Å². The Balaban J connectivity index is 1.93. The molecule has 1 fully saturated rings. The minimum atomic E-state index is 0.0216. The molecule has 1 aromatic heterocycles. The number of carbonyl (C=O) groups excluding carboxylic acids is 1. The number of aryl methyl sites for hydroxylation is 1. The van der Waals surface area contributed by atoms with Crippen molar-refractivity contribution >= 4 is 11.6 Å². The number of nitrogens with zero attached hydrogens (tertiary/aromatic N) is 2. The van der Waals surface area contributed by atoms with E-state index in [2.05, 4.69) is 24.3 Å². The summed E-state index contributed by atoms with van der Waals surface area (Å²) in [5.74, 6) is 0.0216. The van der Waals surface area contributed by atoms with Crippen molar-refractivity contribution in [2.45, 2.75) is 59.5 Å². The van der Waals surface area contributed by atoms with Gasteiger partial charge in [-0.3, -0.25) is 9.48 Å². The molecule has 2 rings (SSSR count). The van der Waals surface area contributed by atoms with Gasteiger partial charge in [0, 0.05) is 6.04 Å². The molecule has 0 bridgehead atoms. The molecule has 0 aromatic carbocycles. The van der Waals surface area contributed by atoms with Gasteiger partial charge in [0.1, 0.15) is 6.54 Å². The van der Waals surface area contributed by atoms with E-state index in [9.17, 15) is 4.79 Å². The molecule has 1 unspecified atom stereocenters. The van der Waals surface area contributed by atoms with Crippen LogP contribution in [0.4, 0.5) is 5.69 Å². The van der Waals surface area contributed by atoms with Gasteiger partial charge >= 0.3 is 0 Å². The van der Waals surface area contributed by atoms with Crippen LogP contribution in [-0.4, -0.2) is 21.7 Å². The minimum absolute atomic E-state index is 0.0216. The molecule has 0 spiro atoms. The summed E-state index contributed by atoms with van der Waals surface area (Å²) in [5, 5.41) is 7.38. The average Bonchev–Trinajstić information content (AvgIpc) is 2.75. The maximum Gasteiger partial charge on any atom is 0.241 e. The van der Waals surface area contributed by atoms with Gasteiger partial charge in [0.15, 0.2) is 0 Å². The van der Waals surface area contributed by atoms with Crippen LogP contribution in [0.2, 0.25) is 0 Å². The van der Waals surface area contributed by atoms with Gasteiger partial charge in [0.25, 0.3) is 0 Å². The number of nitrogens with two attached hydrogens (primary N) is 1. The van der Waals surface area contributed by atoms with Crippen molar-refractivity contribution in [1.82, 2.24) is 15.1 Å². The second-order valence-electron chi connectivity index (χ2n) is 6.41. The van der Waals surface area contributed by atoms with Crippen LogP contribution in [0.1, 0.15) is 44.5 Å². The summed E-state index contributed by atoms with van der Waals surface area (Å²) < 4.78 is 1.68. The third kappa shape index (κ3) is 3.08. The van der Waals surface area contributed by atoms with Crippen LogP contribution in [0.5, 0.6) is 0 Å². The van der Waals surface area contributed by atoms with E-state index < -0.39 is 0 Å². The molecule has 5 heteroatoms. The van der Waals surface area contributed by atoms with Crippen molar-refractivity contribution in [3.05, 3.63) is 11.4 Å². The molecule has 0 saturated heterocycles. The maximum absolute atomic E-state index is 12.0. The molecule has 0 aliphatic heterocycles. The summed E-state index contributed by atoms with van der Waals surface area (Å²) in [6, 6.07) is 0.303. The van der Waals surface area contributed by atoms with Crippen LogP contribution < -0.4 is 11.1 Å². The molecule has 1 heterocycles. The standard InChI is InChI=1S/C14H24N4O/c1-9-13(15)10(2)18(17-9)8-12(19)16-11-5-6-14(3,4)7-11/h11H,5-8,15H2,1-4H3,(H,16,19). The zero-order chi connectivity index (χ0) is 14.2. The maximum atomic E-state index is 12.0. The summed E-state index contributed by atoms with van der Waals surface area (Å²) in [5.41, 5.74) is 8.53. The van der Waals surface area contributed by atoms with E-state index in [0.717, 1.165) is 24.2 Å². The van der Waals surface area contributed by atoms with Gasteiger partial charge in [-0.15, -0.1) is 0 Å². The van der Waals surface area contributed by atoms with E-state index in [4.69, 9.17) is 5.73 Å². The summed E-state index contributed by atoms with van der Waals surface area (Å²) in [6.45, 7) is 8.50. The summed E-state index contributed by atoms with van der Waals surface area (Å²) >= 11 is 0. The van der Waals surface area contributed by atoms with E-state index in [1.165, 1.54) is 6.42 Å². The second kappa shape index (κ2) is 4.87. The number of carbonyl (C=O) groups is 1. The van der Waals surface area contributed by atoms with Crippen molar-refractivity contribution in [3.8, 4) is 0 Å². The van der Waals surface area contributed by atoms with Crippen LogP contribution in [0.25, 0.3) is 0 Å². The molecule has 5 nitrogen and oxygen atoms in total. The molecule has 1 amide bonds. The first-order valence-corrected chi connectivity index (χ1v) is 6.87. The Bertz CT molecular complexity index is 490. The summed E-state index contributed by atoms with van der Waals surface area (Å²) in [4.78, 5) is 12.0. The normalized spacial score (nSPS) is 21.6. The molecule has 19 heavy (non-hydrogen) atoms. The van der Waals surface area contributed by atoms with Crippen molar-refractivity contribution in [1.29, 1.82) is 0 Å². The smallest absolute Gasteiger partial charge is 0.241 e. The highest BCUT2D eigenvalue weighted by atomic mass is 16.2. The first-order chi connectivity index (χ1) is 8.78. The van der Waals surface area contributed by atoms with Gasteiger partial charge in [-0.25, -0.2) is 0 Å². The SMILES string of the molecule is Cc1nn(CC(=O)NC2CCC(C)(C)C2)c(C)c1N. The molecule has 1 aromatic rings. The molecule has 1 aliphatic carbocycles. The molecule has 1 atom stereocenters. The van der Waals surface area contributed by atoms with Gasteiger partial charge in [-0.1, -0.05) is 13.8 Å². The highest BCUT2D eigenvalue weighted by Crippen LogP contribution is 2.36. The van der Waals surface area contributed by atoms with Crippen molar-refractivity contribution < 1.29 is 4.79 Å². The predicted octanol–water partition coefficient (Wildman–Crippen LogP) is 1.78. The van der Waals surface area contributed by atoms with E-state index in [1.54, 1.807) is 4.68 Å². The Labute approximate surface area is 114 Å². The Morgan fingerprint density at radius 3 is 2.68 bits per heavy atom. The van der Waals surface area contributed by atoms with Gasteiger partial charge in [-0.2, -0.15) is 5.10 Å². The van der Waals surface area contributed by atoms with Crippen LogP contribution in [0, 0.1) is 19.3 Å². The van der Waals surface area contributed by atoms with Gasteiger partial charge in [0.05, 0.1) is 17.1 Å². The molecule has 1 saturated carbocycles. The fourth-order valence-electron chi connectivity index (χ4n) is 2.83. The number of hydrogen-bond acceptors (Lipinski definition) is 3. The number of amides is 1. The molecular weight excluding hydrogens is 240 g/mol. The Morgan fingerprint density at radius 2 is 2.21 bits per heavy atom. The number of nitrogens with one attached hydrogen (secondary N) is 1. The van der Waals surface area contributed by atoms with Gasteiger partial charge in [-0.05, 0) is 38.5 Å². The second-order valence-corrected chi connectivity index (χ2v) is 6.41. The van der Waals surface area contributed by atoms with Crippen LogP contribution >= 0.6 is 0 Å². The lowest BCUT2D eigenvalue weighted by molar-refractivity contribution is -0.122. The fourth-order valence-corrected chi connectivity index (χ4v) is 2.83. The monoisotopic (exact) mass is 264 g/mol. The summed E-state index contributed by atoms with van der Waals surface area (Å²) in [6.07, 6.45) is 3.29. The zero-order valence-corrected chi connectivity index (χ0v) is 12.3. The van der Waals surface area contributed by atoms with Crippen LogP contribution in [0.15, 0.2) is 0 Å². The average molecular weight is 264 g/mol. The van der Waals surface area contributed by atoms with Gasteiger partial charge in [0.2, 0.25) is 5.91 Å². The number of hydrogen-bond donors (Lipinski definition) is 2. The van der Waals surface area contributed by atoms with Crippen LogP contribution in [0.3, 0.4) is 0 Å². The first kappa shape index (κ1) is 13.9. The first-order valence-electron chi connectivity index (χ1n) is 6.87. The molecule has 0 radical (unpaired) electrons. The minimum Gasteiger partial charge on any atom is -0.396 e. The summed E-state index contributed by atoms with van der Waals surface area (Å²) in [7, 11) is 0. The zero-order valence-electron chi connectivity index (χ0n) is 12.3. The third-order valence-electron chi connectivity index (χ3n) is 4.06. The highest BCUT2D eigenvalue weighted by Gasteiger charge is 2.31. The van der Waals surface area contributed by atoms with E-state index in [1.807, 2.05) is 13.8 Å². The Hall–Kier alpha value is -1.52. The molecule has 106 valence electrons. The van der Waals surface area contributed by atoms with Gasteiger partial charge < -0.3 is 11.1 Å². The fraction of sp³-hybridized carbons (Fsp3) is 0.714.